The zero-order chi connectivity index (χ0) is 21.8. The molecule has 0 aliphatic carbocycles. The van der Waals surface area contributed by atoms with Crippen LogP contribution in [0.25, 0.3) is 10.9 Å². The molecule has 2 heterocycles. The Labute approximate surface area is 180 Å². The third kappa shape index (κ3) is 4.77. The summed E-state index contributed by atoms with van der Waals surface area (Å²) in [6, 6.07) is 14.5. The van der Waals surface area contributed by atoms with E-state index in [1.54, 1.807) is 17.0 Å². The molecule has 0 bridgehead atoms. The standard InChI is InChI=1S/C24H26N4O3/c1-16-8-10-18(11-9-16)27-24(31)26-13-17-5-4-12-28(15-17)23(30)20-14-25-21-7-3-2-6-19(21)22(20)29/h2-3,6-11,14,17H,4-5,12-13,15H2,1H3,(H,25,29)(H2,26,27,31). The van der Waals surface area contributed by atoms with Crippen LogP contribution in [0.2, 0.25) is 0 Å². The van der Waals surface area contributed by atoms with Gasteiger partial charge in [0.05, 0.1) is 0 Å². The number of aromatic amines is 1. The van der Waals surface area contributed by atoms with Gasteiger partial charge in [-0.3, -0.25) is 9.59 Å². The second kappa shape index (κ2) is 9.04. The number of carbonyl (C=O) groups excluding carboxylic acids is 2. The van der Waals surface area contributed by atoms with Gasteiger partial charge in [0.25, 0.3) is 5.91 Å². The molecule has 0 spiro atoms. The molecule has 1 aliphatic rings. The first-order chi connectivity index (χ1) is 15.0. The highest BCUT2D eigenvalue weighted by Gasteiger charge is 2.26. The highest BCUT2D eigenvalue weighted by Crippen LogP contribution is 2.18. The van der Waals surface area contributed by atoms with Crippen LogP contribution >= 0.6 is 0 Å². The van der Waals surface area contributed by atoms with Crippen LogP contribution in [0.5, 0.6) is 0 Å². The van der Waals surface area contributed by atoms with Gasteiger partial charge in [-0.2, -0.15) is 0 Å². The number of aromatic nitrogens is 1. The summed E-state index contributed by atoms with van der Waals surface area (Å²) in [5.74, 6) is -0.123. The summed E-state index contributed by atoms with van der Waals surface area (Å²) in [5.41, 5.74) is 2.48. The first-order valence-electron chi connectivity index (χ1n) is 10.5. The Balaban J connectivity index is 1.36. The number of rotatable bonds is 4. The molecule has 7 heteroatoms. The minimum atomic E-state index is -0.265. The van der Waals surface area contributed by atoms with Gasteiger partial charge in [-0.25, -0.2) is 4.79 Å². The Morgan fingerprint density at radius 3 is 2.71 bits per heavy atom. The van der Waals surface area contributed by atoms with Crippen LogP contribution in [0, 0.1) is 12.8 Å². The lowest BCUT2D eigenvalue weighted by molar-refractivity contribution is 0.0673. The number of anilines is 1. The number of hydrogen-bond acceptors (Lipinski definition) is 3. The number of likely N-dealkylation sites (tertiary alicyclic amines) is 1. The molecule has 3 amide bonds. The number of H-pyrrole nitrogens is 1. The van der Waals surface area contributed by atoms with E-state index in [4.69, 9.17) is 0 Å². The van der Waals surface area contributed by atoms with Crippen LogP contribution < -0.4 is 16.1 Å². The molecule has 7 nitrogen and oxygen atoms in total. The fourth-order valence-corrected chi connectivity index (χ4v) is 3.96. The maximum atomic E-state index is 13.0. The predicted molar refractivity (Wildman–Crippen MR) is 121 cm³/mol. The highest BCUT2D eigenvalue weighted by atomic mass is 16.2. The van der Waals surface area contributed by atoms with Crippen molar-refractivity contribution in [3.8, 4) is 0 Å². The van der Waals surface area contributed by atoms with Crippen molar-refractivity contribution < 1.29 is 9.59 Å². The molecule has 1 aromatic heterocycles. The number of nitrogens with one attached hydrogen (secondary N) is 3. The van der Waals surface area contributed by atoms with Gasteiger partial charge in [0.2, 0.25) is 5.43 Å². The van der Waals surface area contributed by atoms with E-state index in [2.05, 4.69) is 15.6 Å². The lowest BCUT2D eigenvalue weighted by Gasteiger charge is -2.32. The second-order valence-electron chi connectivity index (χ2n) is 8.04. The molecule has 31 heavy (non-hydrogen) atoms. The number of hydrogen-bond donors (Lipinski definition) is 3. The smallest absolute Gasteiger partial charge is 0.319 e. The summed E-state index contributed by atoms with van der Waals surface area (Å²) in [4.78, 5) is 42.8. The Bertz CT molecular complexity index is 1150. The van der Waals surface area contributed by atoms with E-state index in [0.29, 0.717) is 30.5 Å². The van der Waals surface area contributed by atoms with Crippen molar-refractivity contribution >= 4 is 28.5 Å². The number of para-hydroxylation sites is 1. The van der Waals surface area contributed by atoms with Gasteiger partial charge in [-0.15, -0.1) is 0 Å². The van der Waals surface area contributed by atoms with E-state index >= 15 is 0 Å². The van der Waals surface area contributed by atoms with Crippen molar-refractivity contribution in [3.05, 3.63) is 76.1 Å². The number of amides is 3. The normalized spacial score (nSPS) is 16.2. The fourth-order valence-electron chi connectivity index (χ4n) is 3.96. The van der Waals surface area contributed by atoms with E-state index in [-0.39, 0.29) is 28.8 Å². The molecular formula is C24H26N4O3. The van der Waals surface area contributed by atoms with Crippen molar-refractivity contribution in [3.63, 3.8) is 0 Å². The fraction of sp³-hybridized carbons (Fsp3) is 0.292. The zero-order valence-corrected chi connectivity index (χ0v) is 17.5. The lowest BCUT2D eigenvalue weighted by Crippen LogP contribution is -2.45. The molecule has 160 valence electrons. The van der Waals surface area contributed by atoms with E-state index in [1.807, 2.05) is 43.3 Å². The minimum Gasteiger partial charge on any atom is -0.360 e. The molecule has 2 aromatic carbocycles. The summed E-state index contributed by atoms with van der Waals surface area (Å²) < 4.78 is 0. The number of urea groups is 1. The van der Waals surface area contributed by atoms with Gasteiger partial charge in [-0.1, -0.05) is 29.8 Å². The van der Waals surface area contributed by atoms with Crippen LogP contribution in [0.1, 0.15) is 28.8 Å². The van der Waals surface area contributed by atoms with Crippen molar-refractivity contribution in [1.82, 2.24) is 15.2 Å². The third-order valence-electron chi connectivity index (χ3n) is 5.69. The Hall–Kier alpha value is -3.61. The topological polar surface area (TPSA) is 94.3 Å². The van der Waals surface area contributed by atoms with Crippen LogP contribution in [-0.4, -0.2) is 41.5 Å². The number of fused-ring (bicyclic) bond motifs is 1. The molecular weight excluding hydrogens is 392 g/mol. The van der Waals surface area contributed by atoms with Crippen molar-refractivity contribution in [2.24, 2.45) is 5.92 Å². The molecule has 1 aliphatic heterocycles. The molecule has 1 unspecified atom stereocenters. The first-order valence-corrected chi connectivity index (χ1v) is 10.5. The largest absolute Gasteiger partial charge is 0.360 e. The summed E-state index contributed by atoms with van der Waals surface area (Å²) in [5, 5.41) is 6.22. The molecule has 1 atom stereocenters. The van der Waals surface area contributed by atoms with E-state index in [9.17, 15) is 14.4 Å². The highest BCUT2D eigenvalue weighted by molar-refractivity contribution is 5.97. The number of aryl methyl sites for hydroxylation is 1. The Kier molecular flexibility index (Phi) is 6.02. The molecule has 3 N–H and O–H groups in total. The molecule has 1 saturated heterocycles. The number of nitrogens with zero attached hydrogens (tertiary/aromatic N) is 1. The van der Waals surface area contributed by atoms with Crippen LogP contribution in [0.15, 0.2) is 59.5 Å². The lowest BCUT2D eigenvalue weighted by atomic mass is 9.97. The summed E-state index contributed by atoms with van der Waals surface area (Å²) in [6.45, 7) is 3.58. The maximum Gasteiger partial charge on any atom is 0.319 e. The van der Waals surface area contributed by atoms with Crippen molar-refractivity contribution in [1.29, 1.82) is 0 Å². The van der Waals surface area contributed by atoms with E-state index < -0.39 is 0 Å². The van der Waals surface area contributed by atoms with Crippen LogP contribution in [0.4, 0.5) is 10.5 Å². The predicted octanol–water partition coefficient (Wildman–Crippen LogP) is 3.51. The zero-order valence-electron chi connectivity index (χ0n) is 17.5. The number of carbonyl (C=O) groups is 2. The Morgan fingerprint density at radius 1 is 1.13 bits per heavy atom. The molecule has 3 aromatic rings. The first kappa shape index (κ1) is 20.7. The minimum absolute atomic E-state index is 0.140. The van der Waals surface area contributed by atoms with E-state index in [0.717, 1.165) is 24.1 Å². The van der Waals surface area contributed by atoms with Crippen LogP contribution in [-0.2, 0) is 0 Å². The molecule has 1 fully saturated rings. The summed E-state index contributed by atoms with van der Waals surface area (Å²) in [7, 11) is 0. The van der Waals surface area contributed by atoms with Crippen molar-refractivity contribution in [2.45, 2.75) is 19.8 Å². The average molecular weight is 418 g/mol. The van der Waals surface area contributed by atoms with Crippen LogP contribution in [0.3, 0.4) is 0 Å². The van der Waals surface area contributed by atoms with Gasteiger partial charge in [0.1, 0.15) is 5.56 Å². The summed E-state index contributed by atoms with van der Waals surface area (Å²) in [6.07, 6.45) is 3.26. The van der Waals surface area contributed by atoms with Gasteiger partial charge in [-0.05, 0) is 49.9 Å². The molecule has 4 rings (SSSR count). The van der Waals surface area contributed by atoms with Gasteiger partial charge < -0.3 is 20.5 Å². The average Bonchev–Trinajstić information content (AvgIpc) is 2.79. The number of benzene rings is 2. The third-order valence-corrected chi connectivity index (χ3v) is 5.69. The van der Waals surface area contributed by atoms with Gasteiger partial charge in [0, 0.05) is 42.4 Å². The number of pyridine rings is 1. The summed E-state index contributed by atoms with van der Waals surface area (Å²) >= 11 is 0. The SMILES string of the molecule is Cc1ccc(NC(=O)NCC2CCCN(C(=O)c3c[nH]c4ccccc4c3=O)C2)cc1. The quantitative estimate of drug-likeness (QED) is 0.605. The maximum absolute atomic E-state index is 13.0. The molecule has 0 radical (unpaired) electrons. The van der Waals surface area contributed by atoms with E-state index in [1.165, 1.54) is 6.20 Å². The van der Waals surface area contributed by atoms with Gasteiger partial charge >= 0.3 is 6.03 Å². The second-order valence-corrected chi connectivity index (χ2v) is 8.04. The van der Waals surface area contributed by atoms with Crippen molar-refractivity contribution in [2.75, 3.05) is 25.0 Å². The molecule has 0 saturated carbocycles. The number of piperidine rings is 1. The monoisotopic (exact) mass is 418 g/mol. The van der Waals surface area contributed by atoms with Gasteiger partial charge in [0.15, 0.2) is 0 Å². The Morgan fingerprint density at radius 2 is 1.90 bits per heavy atom.